The molecule has 3 rings (SSSR count). The van der Waals surface area contributed by atoms with Crippen LogP contribution in [-0.2, 0) is 9.59 Å². The van der Waals surface area contributed by atoms with Gasteiger partial charge in [0.2, 0.25) is 11.8 Å². The van der Waals surface area contributed by atoms with Crippen molar-refractivity contribution in [1.82, 2.24) is 25.9 Å². The second-order valence-corrected chi connectivity index (χ2v) is 5.47. The van der Waals surface area contributed by atoms with E-state index >= 15 is 0 Å². The molecule has 2 aliphatic rings. The zero-order chi connectivity index (χ0) is 16.2. The van der Waals surface area contributed by atoms with E-state index in [1.807, 2.05) is 0 Å². The Morgan fingerprint density at radius 1 is 1.22 bits per heavy atom. The topological polar surface area (TPSA) is 116 Å². The summed E-state index contributed by atoms with van der Waals surface area (Å²) in [6, 6.07) is -0.713. The highest BCUT2D eigenvalue weighted by Crippen LogP contribution is 2.10. The predicted molar refractivity (Wildman–Crippen MR) is 80.8 cm³/mol. The highest BCUT2D eigenvalue weighted by Gasteiger charge is 2.28. The first-order valence-corrected chi connectivity index (χ1v) is 7.56. The minimum Gasteiger partial charge on any atom is -0.353 e. The number of nitrogens with one attached hydrogen (secondary N) is 3. The van der Waals surface area contributed by atoms with Gasteiger partial charge in [0.25, 0.3) is 5.91 Å². The molecule has 0 saturated carbocycles. The van der Waals surface area contributed by atoms with E-state index in [4.69, 9.17) is 0 Å². The number of imide groups is 1. The first-order chi connectivity index (χ1) is 11.1. The molecule has 3 amide bonds. The third-order valence-corrected chi connectivity index (χ3v) is 3.86. The summed E-state index contributed by atoms with van der Waals surface area (Å²) < 4.78 is 0. The fourth-order valence-electron chi connectivity index (χ4n) is 2.56. The van der Waals surface area contributed by atoms with Gasteiger partial charge in [-0.2, -0.15) is 0 Å². The van der Waals surface area contributed by atoms with Crippen LogP contribution < -0.4 is 20.9 Å². The second kappa shape index (κ2) is 6.69. The van der Waals surface area contributed by atoms with Gasteiger partial charge in [-0.15, -0.1) is 0 Å². The number of anilines is 1. The van der Waals surface area contributed by atoms with Crippen molar-refractivity contribution in [3.63, 3.8) is 0 Å². The lowest BCUT2D eigenvalue weighted by Crippen LogP contribution is -2.52. The number of amides is 3. The van der Waals surface area contributed by atoms with Crippen LogP contribution in [0, 0.1) is 0 Å². The maximum Gasteiger partial charge on any atom is 0.272 e. The zero-order valence-corrected chi connectivity index (χ0v) is 12.5. The predicted octanol–water partition coefficient (Wildman–Crippen LogP) is -1.58. The number of aromatic nitrogens is 2. The molecule has 9 nitrogen and oxygen atoms in total. The van der Waals surface area contributed by atoms with Crippen LogP contribution in [0.5, 0.6) is 0 Å². The molecule has 0 radical (unpaired) electrons. The van der Waals surface area contributed by atoms with E-state index in [0.29, 0.717) is 6.42 Å². The average Bonchev–Trinajstić information content (AvgIpc) is 2.58. The van der Waals surface area contributed by atoms with Gasteiger partial charge >= 0.3 is 0 Å². The molecule has 3 N–H and O–H groups in total. The SMILES string of the molecule is O=C1CCC(NC(=O)c2cnc(N3CCNCC3)cn2)C(=O)N1. The summed E-state index contributed by atoms with van der Waals surface area (Å²) in [5, 5.41) is 8.02. The maximum atomic E-state index is 12.1. The molecule has 1 unspecified atom stereocenters. The second-order valence-electron chi connectivity index (χ2n) is 5.47. The Morgan fingerprint density at radius 2 is 2.00 bits per heavy atom. The number of rotatable bonds is 3. The fraction of sp³-hybridized carbons (Fsp3) is 0.500. The van der Waals surface area contributed by atoms with Crippen molar-refractivity contribution in [3.05, 3.63) is 18.1 Å². The number of piperazine rings is 1. The van der Waals surface area contributed by atoms with Crippen LogP contribution in [0.15, 0.2) is 12.4 Å². The van der Waals surface area contributed by atoms with Crippen molar-refractivity contribution < 1.29 is 14.4 Å². The van der Waals surface area contributed by atoms with Crippen LogP contribution in [0.4, 0.5) is 5.82 Å². The van der Waals surface area contributed by atoms with E-state index in [-0.39, 0.29) is 18.0 Å². The molecule has 0 aromatic carbocycles. The number of hydrogen-bond acceptors (Lipinski definition) is 7. The van der Waals surface area contributed by atoms with Crippen LogP contribution in [-0.4, -0.2) is 59.9 Å². The molecular formula is C14H18N6O3. The van der Waals surface area contributed by atoms with Crippen molar-refractivity contribution in [1.29, 1.82) is 0 Å². The van der Waals surface area contributed by atoms with Gasteiger partial charge in [-0.25, -0.2) is 9.97 Å². The number of nitrogens with zero attached hydrogens (tertiary/aromatic N) is 3. The van der Waals surface area contributed by atoms with E-state index in [0.717, 1.165) is 32.0 Å². The van der Waals surface area contributed by atoms with Gasteiger partial charge in [0.15, 0.2) is 0 Å². The summed E-state index contributed by atoms with van der Waals surface area (Å²) in [4.78, 5) is 45.3. The lowest BCUT2D eigenvalue weighted by Gasteiger charge is -2.28. The Morgan fingerprint density at radius 3 is 2.65 bits per heavy atom. The molecular weight excluding hydrogens is 300 g/mol. The van der Waals surface area contributed by atoms with E-state index in [2.05, 4.69) is 30.8 Å². The van der Waals surface area contributed by atoms with Crippen molar-refractivity contribution in [2.75, 3.05) is 31.1 Å². The van der Waals surface area contributed by atoms with Gasteiger partial charge in [-0.1, -0.05) is 0 Å². The van der Waals surface area contributed by atoms with Gasteiger partial charge in [-0.05, 0) is 6.42 Å². The smallest absolute Gasteiger partial charge is 0.272 e. The number of carbonyl (C=O) groups is 3. The Labute approximate surface area is 132 Å². The van der Waals surface area contributed by atoms with Crippen LogP contribution >= 0.6 is 0 Å². The Hall–Kier alpha value is -2.55. The summed E-state index contributed by atoms with van der Waals surface area (Å²) in [5.41, 5.74) is 0.147. The van der Waals surface area contributed by atoms with Crippen LogP contribution in [0.25, 0.3) is 0 Å². The van der Waals surface area contributed by atoms with Crippen LogP contribution in [0.3, 0.4) is 0 Å². The Kier molecular flexibility index (Phi) is 4.47. The lowest BCUT2D eigenvalue weighted by molar-refractivity contribution is -0.134. The molecule has 1 aromatic rings. The molecule has 2 aliphatic heterocycles. The van der Waals surface area contributed by atoms with Crippen LogP contribution in [0.2, 0.25) is 0 Å². The number of piperidine rings is 1. The van der Waals surface area contributed by atoms with Gasteiger partial charge in [-0.3, -0.25) is 19.7 Å². The molecule has 23 heavy (non-hydrogen) atoms. The van der Waals surface area contributed by atoms with Crippen molar-refractivity contribution in [2.45, 2.75) is 18.9 Å². The maximum absolute atomic E-state index is 12.1. The van der Waals surface area contributed by atoms with Gasteiger partial charge in [0, 0.05) is 32.6 Å². The third kappa shape index (κ3) is 3.62. The summed E-state index contributed by atoms with van der Waals surface area (Å²) in [6.45, 7) is 3.46. The summed E-state index contributed by atoms with van der Waals surface area (Å²) in [6.07, 6.45) is 3.47. The van der Waals surface area contributed by atoms with Gasteiger partial charge in [0.1, 0.15) is 17.6 Å². The standard InChI is InChI=1S/C14H18N6O3/c21-12-2-1-9(13(22)19-12)18-14(23)10-7-17-11(8-16-10)20-5-3-15-4-6-20/h7-9,15H,1-6H2,(H,18,23)(H,19,21,22). The van der Waals surface area contributed by atoms with Crippen molar-refractivity contribution >= 4 is 23.5 Å². The largest absolute Gasteiger partial charge is 0.353 e. The lowest BCUT2D eigenvalue weighted by atomic mass is 10.1. The zero-order valence-electron chi connectivity index (χ0n) is 12.5. The van der Waals surface area contributed by atoms with E-state index in [9.17, 15) is 14.4 Å². The quantitative estimate of drug-likeness (QED) is 0.576. The van der Waals surface area contributed by atoms with E-state index in [1.165, 1.54) is 6.20 Å². The summed E-state index contributed by atoms with van der Waals surface area (Å²) in [7, 11) is 0. The van der Waals surface area contributed by atoms with Gasteiger partial charge in [0.05, 0.1) is 12.4 Å². The molecule has 2 fully saturated rings. The highest BCUT2D eigenvalue weighted by atomic mass is 16.2. The monoisotopic (exact) mass is 318 g/mol. The molecule has 9 heteroatoms. The molecule has 3 heterocycles. The molecule has 1 aromatic heterocycles. The van der Waals surface area contributed by atoms with E-state index in [1.54, 1.807) is 6.20 Å². The van der Waals surface area contributed by atoms with Crippen LogP contribution in [0.1, 0.15) is 23.3 Å². The number of carbonyl (C=O) groups excluding carboxylic acids is 3. The molecule has 0 aliphatic carbocycles. The Balaban J connectivity index is 1.61. The fourth-order valence-corrected chi connectivity index (χ4v) is 2.56. The first-order valence-electron chi connectivity index (χ1n) is 7.56. The Bertz CT molecular complexity index is 611. The molecule has 1 atom stereocenters. The molecule has 122 valence electrons. The van der Waals surface area contributed by atoms with Gasteiger partial charge < -0.3 is 15.5 Å². The highest BCUT2D eigenvalue weighted by molar-refractivity contribution is 6.03. The third-order valence-electron chi connectivity index (χ3n) is 3.86. The molecule has 2 saturated heterocycles. The van der Waals surface area contributed by atoms with Crippen molar-refractivity contribution in [3.8, 4) is 0 Å². The summed E-state index contributed by atoms with van der Waals surface area (Å²) >= 11 is 0. The molecule has 0 bridgehead atoms. The number of hydrogen-bond donors (Lipinski definition) is 3. The normalized spacial score (nSPS) is 21.7. The van der Waals surface area contributed by atoms with E-state index < -0.39 is 17.9 Å². The minimum absolute atomic E-state index is 0.147. The van der Waals surface area contributed by atoms with Crippen molar-refractivity contribution in [2.24, 2.45) is 0 Å². The summed E-state index contributed by atoms with van der Waals surface area (Å²) in [5.74, 6) is -0.552. The first kappa shape index (κ1) is 15.3. The molecule has 0 spiro atoms. The average molecular weight is 318 g/mol. The minimum atomic E-state index is -0.713.